The number of carbonyl (C=O) groups excluding carboxylic acids is 6. The predicted molar refractivity (Wildman–Crippen MR) is 599 cm³/mol. The first-order valence-corrected chi connectivity index (χ1v) is 53.2. The third-order valence-electron chi connectivity index (χ3n) is 26.5. The van der Waals surface area contributed by atoms with Crippen LogP contribution in [0.2, 0.25) is 28.8 Å². The van der Waals surface area contributed by atoms with Crippen molar-refractivity contribution in [1.29, 1.82) is 0 Å². The van der Waals surface area contributed by atoms with Gasteiger partial charge in [0.25, 0.3) is 0 Å². The molecule has 10 heterocycles. The van der Waals surface area contributed by atoms with E-state index in [4.69, 9.17) is 69.6 Å². The van der Waals surface area contributed by atoms with Gasteiger partial charge in [-0.3, -0.25) is 28.8 Å². The number of hydrogen-bond acceptors (Lipinski definition) is 12. The van der Waals surface area contributed by atoms with Crippen LogP contribution in [0.25, 0.3) is 20.9 Å². The molecular weight excluding hydrogens is 1990 g/mol. The zero-order valence-electron chi connectivity index (χ0n) is 81.3. The van der Waals surface area contributed by atoms with Gasteiger partial charge in [0.05, 0.1) is 54.9 Å². The van der Waals surface area contributed by atoms with Crippen molar-refractivity contribution in [2.45, 2.75) is 88.6 Å². The van der Waals surface area contributed by atoms with Crippen LogP contribution in [-0.4, -0.2) is 155 Å². The number of benzene rings is 10. The molecule has 144 heavy (non-hydrogen) atoms. The summed E-state index contributed by atoms with van der Waals surface area (Å²) in [5.74, 6) is 0.946. The minimum atomic E-state index is -0.0716. The standard InChI is InChI=1S/2C22H19NOS.2C20H23ClN2OS.2C18H15Cl2NO/c2*1-2-22(24)23-14-19(16-9-5-3-6-10-16)18-13-20(25-21(18)15-23)17-11-7-4-8-12-17;2*1-14-7-4-5-8-15(14)17-12-23(20(24)9-6-10-22(2)3)13-18-16(17)11-19(21)25-18;2*1-2-18(22)21-10-13-8-16(19)17(20)9-14(13)15(11-21)12-6-4-3-5-7-12/h2*2-13,19H,1,14-15H2;2*4-9,11,17H,10,12-13H2,1-3H3;2*2-9,15H,1,10-11H2/b;;2*9-6+;;/t2*19-;2*17-;2*15-/m101010/s1. The van der Waals surface area contributed by atoms with Crippen LogP contribution in [0.3, 0.4) is 0 Å². The highest BCUT2D eigenvalue weighted by molar-refractivity contribution is 7.17. The van der Waals surface area contributed by atoms with Gasteiger partial charge in [-0.05, 0) is 215 Å². The van der Waals surface area contributed by atoms with E-state index in [9.17, 15) is 28.8 Å². The second kappa shape index (κ2) is 50.1. The van der Waals surface area contributed by atoms with E-state index < -0.39 is 0 Å². The molecule has 0 radical (unpaired) electrons. The van der Waals surface area contributed by atoms with Crippen molar-refractivity contribution in [2.24, 2.45) is 0 Å². The van der Waals surface area contributed by atoms with Crippen molar-refractivity contribution in [2.75, 3.05) is 80.5 Å². The van der Waals surface area contributed by atoms with Gasteiger partial charge in [-0.2, -0.15) is 0 Å². The highest BCUT2D eigenvalue weighted by Crippen LogP contribution is 2.48. The first-order valence-electron chi connectivity index (χ1n) is 47.7. The third-order valence-corrected chi connectivity index (χ3v) is 32.8. The lowest BCUT2D eigenvalue weighted by Gasteiger charge is -2.35. The van der Waals surface area contributed by atoms with Crippen LogP contribution in [0.5, 0.6) is 0 Å². The minimum Gasteiger partial charge on any atom is -0.334 e. The molecule has 20 rings (SSSR count). The molecule has 14 nitrogen and oxygen atoms in total. The molecule has 14 aromatic rings. The third kappa shape index (κ3) is 26.4. The summed E-state index contributed by atoms with van der Waals surface area (Å²) in [4.78, 5) is 96.7. The van der Waals surface area contributed by atoms with Gasteiger partial charge in [0.2, 0.25) is 35.4 Å². The predicted octanol–water partition coefficient (Wildman–Crippen LogP) is 28.1. The smallest absolute Gasteiger partial charge is 0.246 e. The zero-order valence-corrected chi connectivity index (χ0v) is 89.1. The van der Waals surface area contributed by atoms with E-state index in [1.165, 1.54) is 120 Å². The Balaban J connectivity index is 0.000000130. The molecule has 24 heteroatoms. The molecule has 6 aliphatic heterocycles. The summed E-state index contributed by atoms with van der Waals surface area (Å²) in [5, 5.41) is 2.12. The van der Waals surface area contributed by atoms with E-state index >= 15 is 0 Å². The van der Waals surface area contributed by atoms with Crippen molar-refractivity contribution in [3.63, 3.8) is 0 Å². The maximum absolute atomic E-state index is 12.7. The molecule has 0 bridgehead atoms. The number of hydrogen-bond donors (Lipinski definition) is 0. The first-order chi connectivity index (χ1) is 69.6. The van der Waals surface area contributed by atoms with Crippen LogP contribution in [0.15, 0.2) is 354 Å². The number of carbonyl (C=O) groups is 6. The van der Waals surface area contributed by atoms with Crippen molar-refractivity contribution in [1.82, 2.24) is 39.2 Å². The maximum atomic E-state index is 12.7. The van der Waals surface area contributed by atoms with E-state index in [2.05, 4.69) is 234 Å². The fourth-order valence-electron chi connectivity index (χ4n) is 19.2. The molecule has 4 aromatic heterocycles. The summed E-state index contributed by atoms with van der Waals surface area (Å²) >= 11 is 44.0. The number of fused-ring (bicyclic) bond motifs is 6. The second-order valence-corrected chi connectivity index (χ2v) is 44.1. The number of nitrogens with zero attached hydrogens (tertiary/aromatic N) is 8. The normalized spacial score (nSPS) is 16.9. The molecule has 6 amide bonds. The van der Waals surface area contributed by atoms with Crippen LogP contribution in [0.4, 0.5) is 0 Å². The Hall–Kier alpha value is -12.1. The van der Waals surface area contributed by atoms with Gasteiger partial charge in [-0.1, -0.05) is 339 Å². The SMILES string of the molecule is C=CC(=O)N1Cc2cc(Cl)c(Cl)cc2[C@@H](c2ccccc2)C1.C=CC(=O)N1Cc2cc(Cl)c(Cl)cc2[C@H](c2ccccc2)C1.C=CC(=O)N1Cc2sc(-c3ccccc3)cc2[C@@H](c2ccccc2)C1.C=CC(=O)N1Cc2sc(-c3ccccc3)cc2[C@H](c2ccccc2)C1.Cc1ccccc1[C@@H]1CN(C(=O)/C=C/CN(C)C)Cc2sc(Cl)cc21.Cc1ccccc1[C@H]1CN(C(=O)/C=C/CN(C)C)Cc2sc(Cl)cc21. The average molecular weight is 2110 g/mol. The summed E-state index contributed by atoms with van der Waals surface area (Å²) < 4.78 is 1.59. The van der Waals surface area contributed by atoms with Gasteiger partial charge in [-0.15, -0.1) is 45.3 Å². The number of likely N-dealkylation sites (N-methyl/N-ethyl adjacent to an activating group) is 2. The Morgan fingerprint density at radius 3 is 0.840 bits per heavy atom. The highest BCUT2D eigenvalue weighted by Gasteiger charge is 2.38. The van der Waals surface area contributed by atoms with Crippen LogP contribution in [-0.2, 0) is 68.0 Å². The summed E-state index contributed by atoms with van der Waals surface area (Å²) in [6, 6.07) is 95.2. The molecule has 6 aliphatic rings. The summed E-state index contributed by atoms with van der Waals surface area (Å²) in [7, 11) is 7.96. The number of amides is 6. The molecule has 10 aromatic carbocycles. The van der Waals surface area contributed by atoms with Crippen LogP contribution >= 0.6 is 115 Å². The van der Waals surface area contributed by atoms with Gasteiger partial charge in [0, 0.05) is 142 Å². The van der Waals surface area contributed by atoms with E-state index in [0.717, 1.165) is 55.1 Å². The van der Waals surface area contributed by atoms with Crippen molar-refractivity contribution >= 4 is 150 Å². The lowest BCUT2D eigenvalue weighted by molar-refractivity contribution is -0.127. The fraction of sp³-hybridized carbons (Fsp3) is 0.217. The summed E-state index contributed by atoms with van der Waals surface area (Å²) in [6.45, 7) is 27.9. The van der Waals surface area contributed by atoms with E-state index in [-0.39, 0.29) is 71.0 Å². The number of rotatable bonds is 18. The van der Waals surface area contributed by atoms with E-state index in [0.29, 0.717) is 98.6 Å². The lowest BCUT2D eigenvalue weighted by atomic mass is 9.84. The molecule has 0 saturated heterocycles. The van der Waals surface area contributed by atoms with Crippen molar-refractivity contribution in [3.8, 4) is 20.9 Å². The van der Waals surface area contributed by atoms with Crippen LogP contribution in [0, 0.1) is 13.8 Å². The molecule has 0 aliphatic carbocycles. The number of halogens is 6. The fourth-order valence-corrected chi connectivity index (χ4v) is 25.2. The number of thiophene rings is 4. The Labute approximate surface area is 892 Å². The molecule has 0 fully saturated rings. The number of aryl methyl sites for hydroxylation is 2. The average Bonchev–Trinajstić information content (AvgIpc) is 1.74. The van der Waals surface area contributed by atoms with Gasteiger partial charge in [0.1, 0.15) is 0 Å². The zero-order chi connectivity index (χ0) is 102. The quantitative estimate of drug-likeness (QED) is 0.0777. The van der Waals surface area contributed by atoms with Gasteiger partial charge >= 0.3 is 0 Å². The van der Waals surface area contributed by atoms with Gasteiger partial charge in [-0.25, -0.2) is 0 Å². The summed E-state index contributed by atoms with van der Waals surface area (Å²) in [5.41, 5.74) is 21.9. The Kier molecular flexibility index (Phi) is 37.0. The van der Waals surface area contributed by atoms with E-state index in [1.54, 1.807) is 67.3 Å². The van der Waals surface area contributed by atoms with Crippen LogP contribution < -0.4 is 0 Å². The molecule has 0 N–H and O–H groups in total. The molecule has 6 atom stereocenters. The second-order valence-electron chi connectivity index (χ2n) is 36.6. The first kappa shape index (κ1) is 106. The molecule has 0 unspecified atom stereocenters. The van der Waals surface area contributed by atoms with Crippen LogP contribution in [0.1, 0.15) is 144 Å². The Morgan fingerprint density at radius 2 is 0.542 bits per heavy atom. The van der Waals surface area contributed by atoms with Gasteiger partial charge in [0.15, 0.2) is 0 Å². The maximum Gasteiger partial charge on any atom is 0.246 e. The molecular formula is C120H114Cl6N8O6S4. The molecule has 736 valence electrons. The van der Waals surface area contributed by atoms with Crippen molar-refractivity contribution in [3.05, 3.63) is 491 Å². The topological polar surface area (TPSA) is 128 Å². The Bertz CT molecular complexity index is 6570. The van der Waals surface area contributed by atoms with Crippen molar-refractivity contribution < 1.29 is 28.8 Å². The largest absolute Gasteiger partial charge is 0.334 e. The summed E-state index contributed by atoms with van der Waals surface area (Å²) in [6.07, 6.45) is 12.8. The highest BCUT2D eigenvalue weighted by atomic mass is 35.5. The Morgan fingerprint density at radius 1 is 0.292 bits per heavy atom. The monoisotopic (exact) mass is 2100 g/mol. The lowest BCUT2D eigenvalue weighted by Crippen LogP contribution is -2.37. The van der Waals surface area contributed by atoms with Gasteiger partial charge < -0.3 is 39.2 Å². The minimum absolute atomic E-state index is 0.00115. The molecule has 0 saturated carbocycles. The van der Waals surface area contributed by atoms with E-state index in [1.807, 2.05) is 155 Å². The molecule has 0 spiro atoms.